The zero-order valence-corrected chi connectivity index (χ0v) is 14.9. The van der Waals surface area contributed by atoms with Crippen LogP contribution in [-0.4, -0.2) is 56.8 Å². The molecule has 128 valence electrons. The quantitative estimate of drug-likeness (QED) is 0.639. The lowest BCUT2D eigenvalue weighted by Crippen LogP contribution is -2.47. The van der Waals surface area contributed by atoms with E-state index in [-0.39, 0.29) is 6.04 Å². The van der Waals surface area contributed by atoms with Gasteiger partial charge in [-0.25, -0.2) is 0 Å². The number of nitrogens with zero attached hydrogens (tertiary/aromatic N) is 2. The summed E-state index contributed by atoms with van der Waals surface area (Å²) in [5, 5.41) is 7.52. The summed E-state index contributed by atoms with van der Waals surface area (Å²) in [5.74, 6) is 0.826. The van der Waals surface area contributed by atoms with E-state index in [2.05, 4.69) is 46.5 Å². The summed E-state index contributed by atoms with van der Waals surface area (Å²) in [6.07, 6.45) is 0. The minimum Gasteiger partial charge on any atom is -0.379 e. The minimum atomic E-state index is 0.266. The number of hydrogen-bond donors (Lipinski definition) is 2. The fourth-order valence-electron chi connectivity index (χ4n) is 2.69. The van der Waals surface area contributed by atoms with E-state index in [4.69, 9.17) is 16.3 Å². The average molecular weight is 339 g/mol. The van der Waals surface area contributed by atoms with Crippen LogP contribution in [0.1, 0.15) is 25.5 Å². The molecule has 2 rings (SSSR count). The van der Waals surface area contributed by atoms with E-state index in [9.17, 15) is 0 Å². The van der Waals surface area contributed by atoms with Crippen LogP contribution in [-0.2, 0) is 4.74 Å². The Morgan fingerprint density at radius 1 is 1.26 bits per heavy atom. The number of hydrogen-bond acceptors (Lipinski definition) is 3. The lowest BCUT2D eigenvalue weighted by atomic mass is 10.0. The van der Waals surface area contributed by atoms with Crippen LogP contribution in [0.25, 0.3) is 0 Å². The van der Waals surface area contributed by atoms with Crippen LogP contribution < -0.4 is 10.6 Å². The van der Waals surface area contributed by atoms with Crippen molar-refractivity contribution in [2.75, 3.05) is 39.9 Å². The van der Waals surface area contributed by atoms with Crippen LogP contribution in [0.4, 0.5) is 0 Å². The maximum atomic E-state index is 6.03. The summed E-state index contributed by atoms with van der Waals surface area (Å²) >= 11 is 6.03. The van der Waals surface area contributed by atoms with Gasteiger partial charge in [0.1, 0.15) is 0 Å². The normalized spacial score (nSPS) is 18.0. The highest BCUT2D eigenvalue weighted by Crippen LogP contribution is 2.23. The van der Waals surface area contributed by atoms with Crippen molar-refractivity contribution in [1.29, 1.82) is 0 Å². The molecule has 0 aromatic heterocycles. The third-order valence-electron chi connectivity index (χ3n) is 3.85. The van der Waals surface area contributed by atoms with E-state index >= 15 is 0 Å². The summed E-state index contributed by atoms with van der Waals surface area (Å²) in [6.45, 7) is 8.42. The molecule has 0 amide bonds. The highest BCUT2D eigenvalue weighted by Gasteiger charge is 2.22. The molecule has 0 aliphatic carbocycles. The molecule has 1 aliphatic rings. The number of aliphatic imine (C=N–C) groups is 1. The molecule has 1 fully saturated rings. The van der Waals surface area contributed by atoms with Crippen LogP contribution >= 0.6 is 11.6 Å². The second kappa shape index (κ2) is 9.11. The van der Waals surface area contributed by atoms with Crippen LogP contribution in [0.2, 0.25) is 5.02 Å². The topological polar surface area (TPSA) is 48.9 Å². The molecule has 1 aliphatic heterocycles. The summed E-state index contributed by atoms with van der Waals surface area (Å²) in [4.78, 5) is 6.73. The number of ether oxygens (including phenoxy) is 1. The van der Waals surface area contributed by atoms with Gasteiger partial charge in [0.15, 0.2) is 5.96 Å². The predicted molar refractivity (Wildman–Crippen MR) is 96.2 cm³/mol. The monoisotopic (exact) mass is 338 g/mol. The fourth-order valence-corrected chi connectivity index (χ4v) is 2.82. The summed E-state index contributed by atoms with van der Waals surface area (Å²) < 4.78 is 5.48. The lowest BCUT2D eigenvalue weighted by molar-refractivity contribution is 0.0170. The van der Waals surface area contributed by atoms with Gasteiger partial charge in [-0.2, -0.15) is 0 Å². The Morgan fingerprint density at radius 2 is 1.91 bits per heavy atom. The second-order valence-electron chi connectivity index (χ2n) is 5.97. The van der Waals surface area contributed by atoms with E-state index in [1.54, 1.807) is 7.05 Å². The summed E-state index contributed by atoms with van der Waals surface area (Å²) in [7, 11) is 1.80. The van der Waals surface area contributed by atoms with Gasteiger partial charge in [0.25, 0.3) is 0 Å². The van der Waals surface area contributed by atoms with Gasteiger partial charge < -0.3 is 15.4 Å². The minimum absolute atomic E-state index is 0.266. The number of halogens is 1. The van der Waals surface area contributed by atoms with Gasteiger partial charge in [-0.3, -0.25) is 9.89 Å². The SMILES string of the molecule is CN=C(NCC(c1ccc(Cl)cc1)N1CCOCC1)NC(C)C. The first kappa shape index (κ1) is 18.0. The van der Waals surface area contributed by atoms with Crippen molar-refractivity contribution in [3.63, 3.8) is 0 Å². The number of nitrogens with one attached hydrogen (secondary N) is 2. The van der Waals surface area contributed by atoms with Gasteiger partial charge in [-0.1, -0.05) is 23.7 Å². The zero-order chi connectivity index (χ0) is 16.7. The van der Waals surface area contributed by atoms with Crippen molar-refractivity contribution in [2.45, 2.75) is 25.9 Å². The molecule has 1 heterocycles. The number of rotatable bonds is 5. The maximum absolute atomic E-state index is 6.03. The van der Waals surface area contributed by atoms with Gasteiger partial charge in [-0.05, 0) is 31.5 Å². The van der Waals surface area contributed by atoms with Crippen molar-refractivity contribution in [3.05, 3.63) is 34.9 Å². The van der Waals surface area contributed by atoms with Gasteiger partial charge in [0, 0.05) is 37.7 Å². The zero-order valence-electron chi connectivity index (χ0n) is 14.2. The first-order valence-corrected chi connectivity index (χ1v) is 8.52. The Bertz CT molecular complexity index is 498. The Morgan fingerprint density at radius 3 is 2.48 bits per heavy atom. The number of morpholine rings is 1. The molecule has 0 spiro atoms. The van der Waals surface area contributed by atoms with Crippen molar-refractivity contribution >= 4 is 17.6 Å². The molecule has 1 aromatic carbocycles. The molecule has 23 heavy (non-hydrogen) atoms. The van der Waals surface area contributed by atoms with Crippen molar-refractivity contribution in [2.24, 2.45) is 4.99 Å². The Hall–Kier alpha value is -1.30. The Kier molecular flexibility index (Phi) is 7.15. The Balaban J connectivity index is 2.08. The molecule has 1 aromatic rings. The first-order chi connectivity index (χ1) is 11.1. The molecule has 1 unspecified atom stereocenters. The molecule has 0 radical (unpaired) electrons. The van der Waals surface area contributed by atoms with Crippen molar-refractivity contribution in [3.8, 4) is 0 Å². The number of guanidine groups is 1. The molecular weight excluding hydrogens is 312 g/mol. The lowest BCUT2D eigenvalue weighted by Gasteiger charge is -2.35. The molecule has 6 heteroatoms. The molecule has 2 N–H and O–H groups in total. The highest BCUT2D eigenvalue weighted by molar-refractivity contribution is 6.30. The molecular formula is C17H27ClN4O. The van der Waals surface area contributed by atoms with E-state index in [0.717, 1.165) is 43.8 Å². The van der Waals surface area contributed by atoms with E-state index in [1.165, 1.54) is 5.56 Å². The largest absolute Gasteiger partial charge is 0.379 e. The second-order valence-corrected chi connectivity index (χ2v) is 6.40. The van der Waals surface area contributed by atoms with E-state index in [0.29, 0.717) is 6.04 Å². The molecule has 0 saturated carbocycles. The third kappa shape index (κ3) is 5.68. The van der Waals surface area contributed by atoms with Gasteiger partial charge >= 0.3 is 0 Å². The van der Waals surface area contributed by atoms with E-state index < -0.39 is 0 Å². The van der Waals surface area contributed by atoms with Gasteiger partial charge in [0.2, 0.25) is 0 Å². The van der Waals surface area contributed by atoms with Crippen molar-refractivity contribution < 1.29 is 4.74 Å². The van der Waals surface area contributed by atoms with Crippen LogP contribution in [0.3, 0.4) is 0 Å². The molecule has 1 atom stereocenters. The number of benzene rings is 1. The fraction of sp³-hybridized carbons (Fsp3) is 0.588. The van der Waals surface area contributed by atoms with Gasteiger partial charge in [-0.15, -0.1) is 0 Å². The van der Waals surface area contributed by atoms with Crippen LogP contribution in [0.5, 0.6) is 0 Å². The Labute approximate surface area is 144 Å². The van der Waals surface area contributed by atoms with Crippen molar-refractivity contribution in [1.82, 2.24) is 15.5 Å². The maximum Gasteiger partial charge on any atom is 0.191 e. The summed E-state index contributed by atoms with van der Waals surface area (Å²) in [6, 6.07) is 8.71. The highest BCUT2D eigenvalue weighted by atomic mass is 35.5. The smallest absolute Gasteiger partial charge is 0.191 e. The third-order valence-corrected chi connectivity index (χ3v) is 4.11. The molecule has 0 bridgehead atoms. The van der Waals surface area contributed by atoms with Crippen LogP contribution in [0.15, 0.2) is 29.3 Å². The molecule has 1 saturated heterocycles. The first-order valence-electron chi connectivity index (χ1n) is 8.14. The average Bonchev–Trinajstić information content (AvgIpc) is 2.56. The molecule has 5 nitrogen and oxygen atoms in total. The van der Waals surface area contributed by atoms with Crippen LogP contribution in [0, 0.1) is 0 Å². The predicted octanol–water partition coefficient (Wildman–Crippen LogP) is 2.29. The van der Waals surface area contributed by atoms with Gasteiger partial charge in [0.05, 0.1) is 19.3 Å². The van der Waals surface area contributed by atoms with E-state index in [1.807, 2.05) is 12.1 Å². The summed E-state index contributed by atoms with van der Waals surface area (Å²) in [5.41, 5.74) is 1.25. The standard InChI is InChI=1S/C17H27ClN4O/c1-13(2)21-17(19-3)20-12-16(22-8-10-23-11-9-22)14-4-6-15(18)7-5-14/h4-7,13,16H,8-12H2,1-3H3,(H2,19,20,21).